The number of rotatable bonds is 4. The molecule has 2 atom stereocenters. The van der Waals surface area contributed by atoms with Gasteiger partial charge in [-0.15, -0.1) is 0 Å². The monoisotopic (exact) mass is 515 g/mol. The van der Waals surface area contributed by atoms with Gasteiger partial charge < -0.3 is 24.0 Å². The summed E-state index contributed by atoms with van der Waals surface area (Å²) in [5.74, 6) is -2.48. The molecule has 4 aromatic rings. The lowest BCUT2D eigenvalue weighted by molar-refractivity contribution is -0.141. The number of alkyl halides is 3. The lowest BCUT2D eigenvalue weighted by Crippen LogP contribution is -2.15. The number of phenolic OH excluding ortho intramolecular Hbond substituents is 1. The zero-order valence-corrected chi connectivity index (χ0v) is 20.3. The van der Waals surface area contributed by atoms with E-state index in [1.54, 1.807) is 24.3 Å². The number of ketones is 1. The second-order valence-corrected chi connectivity index (χ2v) is 9.28. The quantitative estimate of drug-likeness (QED) is 0.178. The van der Waals surface area contributed by atoms with Gasteiger partial charge in [0.15, 0.2) is 5.76 Å². The second kappa shape index (κ2) is 8.86. The Hall–Kier alpha value is -3.95. The number of furan rings is 1. The normalized spacial score (nSPS) is 18.0. The molecular formula is C27H24F3NO6. The van der Waals surface area contributed by atoms with E-state index in [0.29, 0.717) is 47.1 Å². The number of aromatic amines is 1. The number of benzene rings is 2. The van der Waals surface area contributed by atoms with Crippen molar-refractivity contribution in [2.75, 3.05) is 14.2 Å². The molecule has 2 aromatic heterocycles. The molecule has 10 heteroatoms. The first-order chi connectivity index (χ1) is 17.5. The molecule has 194 valence electrons. The summed E-state index contributed by atoms with van der Waals surface area (Å²) in [6.45, 7) is 1.83. The third kappa shape index (κ3) is 4.00. The van der Waals surface area contributed by atoms with Crippen molar-refractivity contribution in [2.45, 2.75) is 44.2 Å². The zero-order chi connectivity index (χ0) is 26.6. The number of halogens is 3. The molecule has 2 heterocycles. The Kier molecular flexibility index (Phi) is 5.92. The van der Waals surface area contributed by atoms with Crippen LogP contribution in [-0.4, -0.2) is 36.1 Å². The van der Waals surface area contributed by atoms with E-state index in [4.69, 9.17) is 13.9 Å². The number of nitrogens with one attached hydrogen (secondary N) is 1. The van der Waals surface area contributed by atoms with E-state index in [2.05, 4.69) is 4.98 Å². The molecule has 5 rings (SSSR count). The highest BCUT2D eigenvalue weighted by atomic mass is 19.4. The summed E-state index contributed by atoms with van der Waals surface area (Å²) in [5, 5.41) is 11.4. The minimum absolute atomic E-state index is 0.0734. The average molecular weight is 515 g/mol. The number of phenols is 1. The molecule has 0 radical (unpaired) electrons. The molecule has 0 saturated carbocycles. The van der Waals surface area contributed by atoms with Crippen LogP contribution in [0.15, 0.2) is 34.7 Å². The molecule has 2 N–H and O–H groups in total. The molecule has 0 fully saturated rings. The van der Waals surface area contributed by atoms with E-state index in [1.165, 1.54) is 13.2 Å². The maximum atomic E-state index is 13.9. The van der Waals surface area contributed by atoms with Crippen LogP contribution in [0.4, 0.5) is 13.2 Å². The summed E-state index contributed by atoms with van der Waals surface area (Å²) in [5.41, 5.74) is -0.986. The van der Waals surface area contributed by atoms with Gasteiger partial charge in [0.05, 0.1) is 31.2 Å². The Labute approximate surface area is 209 Å². The summed E-state index contributed by atoms with van der Waals surface area (Å²) < 4.78 is 57.5. The topological polar surface area (TPSA) is 102 Å². The molecule has 0 saturated heterocycles. The van der Waals surface area contributed by atoms with Crippen molar-refractivity contribution in [3.05, 3.63) is 58.5 Å². The van der Waals surface area contributed by atoms with Crippen molar-refractivity contribution in [2.24, 2.45) is 0 Å². The Balaban J connectivity index is 1.74. The number of esters is 1. The number of H-pyrrole nitrogens is 1. The third-order valence-electron chi connectivity index (χ3n) is 7.09. The molecule has 2 aromatic carbocycles. The summed E-state index contributed by atoms with van der Waals surface area (Å²) in [7, 11) is 2.51. The lowest BCUT2D eigenvalue weighted by Gasteiger charge is -2.20. The minimum Gasteiger partial charge on any atom is -0.506 e. The standard InChI is InChI=1S/C27H24F3NO6/c1-12-5-4-6-15(24(33)19-9-13-7-8-14(35-2)10-18(13)37-19)16-11-17(32)23-21(20(12)16)22(26(34)36-3)25(31-23)27(28,29)30/h7-12,15,31-32H,4-6H2,1-3H3/t12-,15?/m1/s1. The Morgan fingerprint density at radius 2 is 1.89 bits per heavy atom. The number of carbonyl (C=O) groups excluding carboxylic acids is 2. The number of methoxy groups -OCH3 is 2. The fourth-order valence-electron chi connectivity index (χ4n) is 5.37. The largest absolute Gasteiger partial charge is 0.506 e. The van der Waals surface area contributed by atoms with Gasteiger partial charge in [-0.05, 0) is 54.2 Å². The minimum atomic E-state index is -4.90. The molecule has 37 heavy (non-hydrogen) atoms. The predicted octanol–water partition coefficient (Wildman–Crippen LogP) is 6.69. The molecule has 1 aliphatic rings. The first kappa shape index (κ1) is 24.7. The number of Topliss-reactive ketones (excluding diaryl/α,β-unsaturated/α-hetero) is 1. The van der Waals surface area contributed by atoms with Gasteiger partial charge in [0, 0.05) is 16.8 Å². The van der Waals surface area contributed by atoms with Crippen molar-refractivity contribution in [3.63, 3.8) is 0 Å². The highest BCUT2D eigenvalue weighted by Gasteiger charge is 2.42. The van der Waals surface area contributed by atoms with E-state index in [1.807, 2.05) is 6.92 Å². The van der Waals surface area contributed by atoms with Gasteiger partial charge in [0.1, 0.15) is 22.8 Å². The summed E-state index contributed by atoms with van der Waals surface area (Å²) in [6.07, 6.45) is -3.33. The van der Waals surface area contributed by atoms with Crippen molar-refractivity contribution < 1.29 is 41.8 Å². The van der Waals surface area contributed by atoms with Crippen molar-refractivity contribution in [1.29, 1.82) is 0 Å². The van der Waals surface area contributed by atoms with Gasteiger partial charge in [-0.2, -0.15) is 13.2 Å². The molecule has 1 aliphatic carbocycles. The number of carbonyl (C=O) groups is 2. The fraction of sp³-hybridized carbons (Fsp3) is 0.333. The summed E-state index contributed by atoms with van der Waals surface area (Å²) in [6, 6.07) is 8.09. The maximum Gasteiger partial charge on any atom is 0.432 e. The molecule has 0 spiro atoms. The first-order valence-electron chi connectivity index (χ1n) is 11.7. The number of aromatic hydroxyl groups is 1. The number of ether oxygens (including phenoxy) is 2. The number of hydrogen-bond acceptors (Lipinski definition) is 6. The summed E-state index contributed by atoms with van der Waals surface area (Å²) >= 11 is 0. The number of aromatic nitrogens is 1. The van der Waals surface area contributed by atoms with Gasteiger partial charge in [0.2, 0.25) is 5.78 Å². The fourth-order valence-corrected chi connectivity index (χ4v) is 5.37. The predicted molar refractivity (Wildman–Crippen MR) is 128 cm³/mol. The molecule has 7 nitrogen and oxygen atoms in total. The molecule has 0 aliphatic heterocycles. The highest BCUT2D eigenvalue weighted by Crippen LogP contribution is 2.48. The summed E-state index contributed by atoms with van der Waals surface area (Å²) in [4.78, 5) is 28.6. The van der Waals surface area contributed by atoms with E-state index < -0.39 is 35.1 Å². The maximum absolute atomic E-state index is 13.9. The molecule has 0 amide bonds. The Bertz CT molecular complexity index is 1550. The first-order valence-corrected chi connectivity index (χ1v) is 11.7. The van der Waals surface area contributed by atoms with Crippen LogP contribution >= 0.6 is 0 Å². The van der Waals surface area contributed by atoms with Crippen LogP contribution in [0, 0.1) is 0 Å². The van der Waals surface area contributed by atoms with Crippen LogP contribution in [0.5, 0.6) is 11.5 Å². The zero-order valence-electron chi connectivity index (χ0n) is 20.3. The van der Waals surface area contributed by atoms with E-state index >= 15 is 0 Å². The Morgan fingerprint density at radius 1 is 1.14 bits per heavy atom. The van der Waals surface area contributed by atoms with Gasteiger partial charge in [-0.1, -0.05) is 13.3 Å². The lowest BCUT2D eigenvalue weighted by atomic mass is 9.83. The van der Waals surface area contributed by atoms with Gasteiger partial charge in [-0.25, -0.2) is 4.79 Å². The van der Waals surface area contributed by atoms with Crippen LogP contribution in [0.2, 0.25) is 0 Å². The molecule has 1 unspecified atom stereocenters. The van der Waals surface area contributed by atoms with Gasteiger partial charge >= 0.3 is 12.1 Å². The highest BCUT2D eigenvalue weighted by molar-refractivity contribution is 6.10. The van der Waals surface area contributed by atoms with Crippen LogP contribution in [-0.2, 0) is 10.9 Å². The SMILES string of the molecule is COC(=O)c1c(C(F)(F)F)[nH]c2c(O)cc3c(c12)[C@H](C)CCCC3C(=O)c1cc2ccc(OC)cc2o1. The average Bonchev–Trinajstić information content (AvgIpc) is 3.43. The molecule has 0 bridgehead atoms. The van der Waals surface area contributed by atoms with Gasteiger partial charge in [0.25, 0.3) is 0 Å². The van der Waals surface area contributed by atoms with E-state index in [0.717, 1.165) is 7.11 Å². The van der Waals surface area contributed by atoms with E-state index in [-0.39, 0.29) is 28.4 Å². The van der Waals surface area contributed by atoms with Gasteiger partial charge in [-0.3, -0.25) is 4.79 Å². The molecular weight excluding hydrogens is 491 g/mol. The second-order valence-electron chi connectivity index (χ2n) is 9.28. The van der Waals surface area contributed by atoms with Crippen molar-refractivity contribution in [3.8, 4) is 11.5 Å². The van der Waals surface area contributed by atoms with Crippen LogP contribution in [0.1, 0.15) is 75.8 Å². The Morgan fingerprint density at radius 3 is 2.57 bits per heavy atom. The smallest absolute Gasteiger partial charge is 0.432 e. The van der Waals surface area contributed by atoms with Crippen LogP contribution in [0.25, 0.3) is 21.9 Å². The van der Waals surface area contributed by atoms with Crippen molar-refractivity contribution in [1.82, 2.24) is 4.98 Å². The van der Waals surface area contributed by atoms with E-state index in [9.17, 15) is 27.9 Å². The third-order valence-corrected chi connectivity index (χ3v) is 7.09. The van der Waals surface area contributed by atoms with Crippen molar-refractivity contribution >= 4 is 33.6 Å². The van der Waals surface area contributed by atoms with Crippen LogP contribution < -0.4 is 4.74 Å². The number of hydrogen-bond donors (Lipinski definition) is 2. The number of fused-ring (bicyclic) bond motifs is 4. The van der Waals surface area contributed by atoms with Crippen LogP contribution in [0.3, 0.4) is 0 Å².